The number of aliphatic hydroxyl groups is 1. The molecule has 1 atom stereocenters. The lowest BCUT2D eigenvalue weighted by Gasteiger charge is -2.32. The first kappa shape index (κ1) is 12.1. The van der Waals surface area contributed by atoms with Gasteiger partial charge in [-0.25, -0.2) is 0 Å². The Hall–Kier alpha value is -1.39. The Morgan fingerprint density at radius 1 is 1.35 bits per heavy atom. The summed E-state index contributed by atoms with van der Waals surface area (Å²) in [5, 5.41) is 8.79. The molecule has 1 aliphatic rings. The van der Waals surface area contributed by atoms with Crippen molar-refractivity contribution in [3.63, 3.8) is 0 Å². The molecule has 1 aromatic carbocycles. The minimum atomic E-state index is -0.406. The summed E-state index contributed by atoms with van der Waals surface area (Å²) in [6.07, 6.45) is 0.772. The number of carbonyl (C=O) groups is 1. The van der Waals surface area contributed by atoms with Gasteiger partial charge in [0.05, 0.1) is 6.61 Å². The Morgan fingerprint density at radius 3 is 2.82 bits per heavy atom. The monoisotopic (exact) mass is 235 g/mol. The first-order valence-corrected chi connectivity index (χ1v) is 5.92. The largest absolute Gasteiger partial charge is 0.396 e. The molecule has 1 amide bonds. The van der Waals surface area contributed by atoms with Crippen LogP contribution in [0.15, 0.2) is 30.3 Å². The Morgan fingerprint density at radius 2 is 2.12 bits per heavy atom. The van der Waals surface area contributed by atoms with Crippen molar-refractivity contribution in [2.45, 2.75) is 18.9 Å². The highest BCUT2D eigenvalue weighted by molar-refractivity contribution is 5.97. The van der Waals surface area contributed by atoms with E-state index < -0.39 is 6.10 Å². The molecule has 1 unspecified atom stereocenters. The van der Waals surface area contributed by atoms with E-state index >= 15 is 0 Å². The maximum atomic E-state index is 12.2. The first-order valence-electron chi connectivity index (χ1n) is 5.92. The van der Waals surface area contributed by atoms with Crippen molar-refractivity contribution in [1.29, 1.82) is 0 Å². The third-order valence-corrected chi connectivity index (χ3v) is 2.87. The number of anilines is 1. The summed E-state index contributed by atoms with van der Waals surface area (Å²) in [6, 6.07) is 9.61. The summed E-state index contributed by atoms with van der Waals surface area (Å²) in [7, 11) is 0. The van der Waals surface area contributed by atoms with Crippen LogP contribution in [0.3, 0.4) is 0 Å². The van der Waals surface area contributed by atoms with Gasteiger partial charge in [0.15, 0.2) is 0 Å². The molecule has 1 aromatic rings. The zero-order chi connectivity index (χ0) is 12.1. The van der Waals surface area contributed by atoms with Crippen molar-refractivity contribution in [2.75, 3.05) is 24.7 Å². The lowest BCUT2D eigenvalue weighted by Crippen LogP contribution is -2.47. The second-order valence-electron chi connectivity index (χ2n) is 4.05. The Kier molecular flexibility index (Phi) is 4.12. The van der Waals surface area contributed by atoms with E-state index in [-0.39, 0.29) is 12.5 Å². The van der Waals surface area contributed by atoms with Gasteiger partial charge in [-0.15, -0.1) is 0 Å². The van der Waals surface area contributed by atoms with Gasteiger partial charge in [0, 0.05) is 18.8 Å². The normalized spacial score (nSPS) is 20.6. The number of hydrogen-bond donors (Lipinski definition) is 1. The molecule has 1 heterocycles. The SMILES string of the molecule is O=C1C(CCCO)OCCN1c1ccccc1. The molecule has 0 saturated carbocycles. The summed E-state index contributed by atoms with van der Waals surface area (Å²) in [5.74, 6) is -0.00380. The van der Waals surface area contributed by atoms with Gasteiger partial charge in [-0.1, -0.05) is 18.2 Å². The second-order valence-corrected chi connectivity index (χ2v) is 4.05. The molecular formula is C13H17NO3. The van der Waals surface area contributed by atoms with Crippen LogP contribution in [0.4, 0.5) is 5.69 Å². The van der Waals surface area contributed by atoms with Crippen molar-refractivity contribution < 1.29 is 14.6 Å². The average Bonchev–Trinajstić information content (AvgIpc) is 2.39. The highest BCUT2D eigenvalue weighted by Gasteiger charge is 2.29. The average molecular weight is 235 g/mol. The molecule has 1 fully saturated rings. The molecule has 4 nitrogen and oxygen atoms in total. The topological polar surface area (TPSA) is 49.8 Å². The lowest BCUT2D eigenvalue weighted by molar-refractivity contribution is -0.134. The van der Waals surface area contributed by atoms with Gasteiger partial charge in [0.2, 0.25) is 0 Å². The van der Waals surface area contributed by atoms with Crippen molar-refractivity contribution in [1.82, 2.24) is 0 Å². The smallest absolute Gasteiger partial charge is 0.256 e. The van der Waals surface area contributed by atoms with E-state index in [1.54, 1.807) is 4.90 Å². The number of nitrogens with zero attached hydrogens (tertiary/aromatic N) is 1. The molecule has 1 saturated heterocycles. The number of rotatable bonds is 4. The molecule has 1 N–H and O–H groups in total. The summed E-state index contributed by atoms with van der Waals surface area (Å²) in [4.78, 5) is 13.9. The molecule has 0 aromatic heterocycles. The number of aliphatic hydroxyl groups excluding tert-OH is 1. The zero-order valence-electron chi connectivity index (χ0n) is 9.71. The minimum Gasteiger partial charge on any atom is -0.396 e. The van der Waals surface area contributed by atoms with Gasteiger partial charge < -0.3 is 14.7 Å². The van der Waals surface area contributed by atoms with E-state index in [0.29, 0.717) is 26.0 Å². The maximum Gasteiger partial charge on any atom is 0.256 e. The fraction of sp³-hybridized carbons (Fsp3) is 0.462. The van der Waals surface area contributed by atoms with Gasteiger partial charge in [-0.05, 0) is 25.0 Å². The van der Waals surface area contributed by atoms with Crippen LogP contribution in [0.25, 0.3) is 0 Å². The number of hydrogen-bond acceptors (Lipinski definition) is 3. The fourth-order valence-corrected chi connectivity index (χ4v) is 1.99. The number of benzene rings is 1. The quantitative estimate of drug-likeness (QED) is 0.853. The van der Waals surface area contributed by atoms with Crippen molar-refractivity contribution in [2.24, 2.45) is 0 Å². The lowest BCUT2D eigenvalue weighted by atomic mass is 10.1. The number of para-hydroxylation sites is 1. The summed E-state index contributed by atoms with van der Waals surface area (Å²) in [5.41, 5.74) is 0.912. The van der Waals surface area contributed by atoms with Gasteiger partial charge in [0.25, 0.3) is 5.91 Å². The van der Waals surface area contributed by atoms with Crippen LogP contribution in [-0.2, 0) is 9.53 Å². The molecule has 4 heteroatoms. The number of carbonyl (C=O) groups excluding carboxylic acids is 1. The van der Waals surface area contributed by atoms with Gasteiger partial charge in [0.1, 0.15) is 6.10 Å². The first-order chi connectivity index (χ1) is 8.33. The third kappa shape index (κ3) is 2.84. The standard InChI is InChI=1S/C13H17NO3/c15-9-4-7-12-13(16)14(8-10-17-12)11-5-2-1-3-6-11/h1-3,5-6,12,15H,4,7-10H2. The van der Waals surface area contributed by atoms with Crippen LogP contribution in [0, 0.1) is 0 Å². The predicted octanol–water partition coefficient (Wildman–Crippen LogP) is 1.19. The highest BCUT2D eigenvalue weighted by atomic mass is 16.5. The van der Waals surface area contributed by atoms with Crippen LogP contribution in [-0.4, -0.2) is 36.9 Å². The highest BCUT2D eigenvalue weighted by Crippen LogP contribution is 2.20. The molecule has 0 spiro atoms. The summed E-state index contributed by atoms with van der Waals surface area (Å²) in [6.45, 7) is 1.24. The fourth-order valence-electron chi connectivity index (χ4n) is 1.99. The predicted molar refractivity (Wildman–Crippen MR) is 64.9 cm³/mol. The van der Waals surface area contributed by atoms with Crippen LogP contribution >= 0.6 is 0 Å². The Bertz CT molecular complexity index is 366. The van der Waals surface area contributed by atoms with Crippen LogP contribution in [0.1, 0.15) is 12.8 Å². The molecule has 0 radical (unpaired) electrons. The zero-order valence-corrected chi connectivity index (χ0v) is 9.71. The Balaban J connectivity index is 2.06. The van der Waals surface area contributed by atoms with Crippen LogP contribution in [0.5, 0.6) is 0 Å². The number of ether oxygens (including phenoxy) is 1. The third-order valence-electron chi connectivity index (χ3n) is 2.87. The van der Waals surface area contributed by atoms with Crippen LogP contribution < -0.4 is 4.90 Å². The van der Waals surface area contributed by atoms with E-state index in [1.165, 1.54) is 0 Å². The minimum absolute atomic E-state index is 0.00380. The maximum absolute atomic E-state index is 12.2. The number of amides is 1. The van der Waals surface area contributed by atoms with E-state index in [9.17, 15) is 4.79 Å². The molecule has 0 bridgehead atoms. The molecule has 17 heavy (non-hydrogen) atoms. The number of morpholine rings is 1. The van der Waals surface area contributed by atoms with E-state index in [2.05, 4.69) is 0 Å². The van der Waals surface area contributed by atoms with Gasteiger partial charge in [-0.3, -0.25) is 4.79 Å². The van der Waals surface area contributed by atoms with Crippen molar-refractivity contribution >= 4 is 11.6 Å². The van der Waals surface area contributed by atoms with E-state index in [1.807, 2.05) is 30.3 Å². The molecule has 1 aliphatic heterocycles. The Labute approximate surface area is 101 Å². The summed E-state index contributed by atoms with van der Waals surface area (Å²) < 4.78 is 5.44. The molecule has 0 aliphatic carbocycles. The van der Waals surface area contributed by atoms with Gasteiger partial charge >= 0.3 is 0 Å². The molecular weight excluding hydrogens is 218 g/mol. The van der Waals surface area contributed by atoms with E-state index in [0.717, 1.165) is 5.69 Å². The van der Waals surface area contributed by atoms with E-state index in [4.69, 9.17) is 9.84 Å². The van der Waals surface area contributed by atoms with Crippen molar-refractivity contribution in [3.8, 4) is 0 Å². The summed E-state index contributed by atoms with van der Waals surface area (Å²) >= 11 is 0. The second kappa shape index (κ2) is 5.80. The molecule has 2 rings (SSSR count). The van der Waals surface area contributed by atoms with Crippen LogP contribution in [0.2, 0.25) is 0 Å². The molecule has 92 valence electrons. The van der Waals surface area contributed by atoms with Gasteiger partial charge in [-0.2, -0.15) is 0 Å². The van der Waals surface area contributed by atoms with Crippen molar-refractivity contribution in [3.05, 3.63) is 30.3 Å².